The molecule has 3 aromatic rings. The molecule has 21 heavy (non-hydrogen) atoms. The third-order valence-corrected chi connectivity index (χ3v) is 3.20. The van der Waals surface area contributed by atoms with E-state index in [1.54, 1.807) is 12.4 Å². The molecule has 0 N–H and O–H groups in total. The van der Waals surface area contributed by atoms with E-state index in [1.165, 1.54) is 4.68 Å². The molecule has 2 aromatic carbocycles. The van der Waals surface area contributed by atoms with Gasteiger partial charge in [-0.3, -0.25) is 0 Å². The molecule has 0 atom stereocenters. The van der Waals surface area contributed by atoms with Gasteiger partial charge in [0.25, 0.3) is 0 Å². The standard InChI is InChI=1S/C16H11F3N2/c1-10-2-4-11(5-3-10)12-8-20-21(9-12)16-7-14(18)13(17)6-15(16)19/h2-9H,1H3. The lowest BCUT2D eigenvalue weighted by molar-refractivity contribution is 0.491. The molecular weight excluding hydrogens is 277 g/mol. The van der Waals surface area contributed by atoms with Gasteiger partial charge in [-0.15, -0.1) is 0 Å². The molecular formula is C16H11F3N2. The number of benzene rings is 2. The molecule has 3 rings (SSSR count). The van der Waals surface area contributed by atoms with Crippen LogP contribution in [0, 0.1) is 24.4 Å². The number of aryl methyl sites for hydroxylation is 1. The van der Waals surface area contributed by atoms with Gasteiger partial charge >= 0.3 is 0 Å². The van der Waals surface area contributed by atoms with E-state index in [-0.39, 0.29) is 5.69 Å². The summed E-state index contributed by atoms with van der Waals surface area (Å²) in [6.07, 6.45) is 3.12. The van der Waals surface area contributed by atoms with E-state index in [2.05, 4.69) is 5.10 Å². The van der Waals surface area contributed by atoms with Gasteiger partial charge in [-0.05, 0) is 12.5 Å². The van der Waals surface area contributed by atoms with Crippen LogP contribution in [0.3, 0.4) is 0 Å². The molecule has 0 fully saturated rings. The largest absolute Gasteiger partial charge is 0.237 e. The monoisotopic (exact) mass is 288 g/mol. The van der Waals surface area contributed by atoms with Crippen molar-refractivity contribution < 1.29 is 13.2 Å². The van der Waals surface area contributed by atoms with Gasteiger partial charge in [-0.2, -0.15) is 5.10 Å². The van der Waals surface area contributed by atoms with Crippen molar-refractivity contribution in [2.45, 2.75) is 6.92 Å². The molecule has 5 heteroatoms. The fourth-order valence-corrected chi connectivity index (χ4v) is 2.04. The molecule has 0 spiro atoms. The van der Waals surface area contributed by atoms with Crippen LogP contribution in [-0.2, 0) is 0 Å². The molecule has 106 valence electrons. The Morgan fingerprint density at radius 3 is 2.24 bits per heavy atom. The van der Waals surface area contributed by atoms with Crippen LogP contribution < -0.4 is 0 Å². The highest BCUT2D eigenvalue weighted by Gasteiger charge is 2.12. The number of halogens is 3. The summed E-state index contributed by atoms with van der Waals surface area (Å²) in [5.41, 5.74) is 2.67. The molecule has 0 aliphatic heterocycles. The molecule has 0 bridgehead atoms. The molecule has 0 amide bonds. The van der Waals surface area contributed by atoms with Crippen LogP contribution >= 0.6 is 0 Å². The quantitative estimate of drug-likeness (QED) is 0.644. The van der Waals surface area contributed by atoms with Gasteiger partial charge in [-0.25, -0.2) is 17.9 Å². The van der Waals surface area contributed by atoms with Crippen LogP contribution in [0.25, 0.3) is 16.8 Å². The predicted molar refractivity (Wildman–Crippen MR) is 73.6 cm³/mol. The second-order valence-corrected chi connectivity index (χ2v) is 4.76. The Kier molecular flexibility index (Phi) is 3.25. The SMILES string of the molecule is Cc1ccc(-c2cnn(-c3cc(F)c(F)cc3F)c2)cc1. The van der Waals surface area contributed by atoms with Crippen LogP contribution in [0.5, 0.6) is 0 Å². The predicted octanol–water partition coefficient (Wildman–Crippen LogP) is 4.27. The first kappa shape index (κ1) is 13.4. The van der Waals surface area contributed by atoms with Crippen molar-refractivity contribution in [1.29, 1.82) is 0 Å². The van der Waals surface area contributed by atoms with Crippen molar-refractivity contribution in [3.63, 3.8) is 0 Å². The smallest absolute Gasteiger partial charge is 0.161 e. The minimum absolute atomic E-state index is 0.132. The van der Waals surface area contributed by atoms with Gasteiger partial charge in [0.05, 0.1) is 6.20 Å². The van der Waals surface area contributed by atoms with Gasteiger partial charge in [-0.1, -0.05) is 29.8 Å². The average Bonchev–Trinajstić information content (AvgIpc) is 2.93. The van der Waals surface area contributed by atoms with E-state index in [0.717, 1.165) is 22.8 Å². The van der Waals surface area contributed by atoms with Crippen molar-refractivity contribution in [2.24, 2.45) is 0 Å². The van der Waals surface area contributed by atoms with Crippen molar-refractivity contribution in [3.05, 3.63) is 71.8 Å². The Morgan fingerprint density at radius 2 is 1.52 bits per heavy atom. The molecule has 0 unspecified atom stereocenters. The molecule has 1 heterocycles. The van der Waals surface area contributed by atoms with Gasteiger partial charge in [0.1, 0.15) is 5.69 Å². The summed E-state index contributed by atoms with van der Waals surface area (Å²) in [5.74, 6) is -3.20. The van der Waals surface area contributed by atoms with E-state index < -0.39 is 17.5 Å². The zero-order chi connectivity index (χ0) is 15.0. The van der Waals surface area contributed by atoms with Gasteiger partial charge in [0.2, 0.25) is 0 Å². The fraction of sp³-hybridized carbons (Fsp3) is 0.0625. The van der Waals surface area contributed by atoms with Crippen molar-refractivity contribution in [2.75, 3.05) is 0 Å². The molecule has 0 radical (unpaired) electrons. The molecule has 0 aliphatic rings. The first-order chi connectivity index (χ1) is 10.0. The lowest BCUT2D eigenvalue weighted by Gasteiger charge is -2.04. The van der Waals surface area contributed by atoms with Crippen LogP contribution in [0.1, 0.15) is 5.56 Å². The van der Waals surface area contributed by atoms with E-state index in [1.807, 2.05) is 31.2 Å². The molecule has 1 aromatic heterocycles. The molecule has 2 nitrogen and oxygen atoms in total. The summed E-state index contributed by atoms with van der Waals surface area (Å²) in [4.78, 5) is 0. The van der Waals surface area contributed by atoms with Gasteiger partial charge in [0.15, 0.2) is 17.5 Å². The Hall–Kier alpha value is -2.56. The molecule has 0 saturated carbocycles. The first-order valence-corrected chi connectivity index (χ1v) is 6.31. The second-order valence-electron chi connectivity index (χ2n) is 4.76. The maximum absolute atomic E-state index is 13.7. The summed E-state index contributed by atoms with van der Waals surface area (Å²) in [6.45, 7) is 1.98. The lowest BCUT2D eigenvalue weighted by Crippen LogP contribution is -2.00. The van der Waals surface area contributed by atoms with Crippen molar-refractivity contribution >= 4 is 0 Å². The molecule has 0 saturated heterocycles. The fourth-order valence-electron chi connectivity index (χ4n) is 2.04. The lowest BCUT2D eigenvalue weighted by atomic mass is 10.1. The highest BCUT2D eigenvalue weighted by atomic mass is 19.2. The third kappa shape index (κ3) is 2.54. The number of rotatable bonds is 2. The Bertz CT molecular complexity index is 792. The van der Waals surface area contributed by atoms with Crippen molar-refractivity contribution in [1.82, 2.24) is 9.78 Å². The van der Waals surface area contributed by atoms with E-state index in [0.29, 0.717) is 6.07 Å². The van der Waals surface area contributed by atoms with E-state index in [4.69, 9.17) is 0 Å². The highest BCUT2D eigenvalue weighted by Crippen LogP contribution is 2.22. The van der Waals surface area contributed by atoms with Crippen LogP contribution in [0.2, 0.25) is 0 Å². The maximum Gasteiger partial charge on any atom is 0.161 e. The topological polar surface area (TPSA) is 17.8 Å². The zero-order valence-electron chi connectivity index (χ0n) is 11.1. The number of aromatic nitrogens is 2. The summed E-state index contributed by atoms with van der Waals surface area (Å²) in [7, 11) is 0. The minimum atomic E-state index is -1.22. The van der Waals surface area contributed by atoms with E-state index in [9.17, 15) is 13.2 Å². The second kappa shape index (κ2) is 5.09. The average molecular weight is 288 g/mol. The summed E-state index contributed by atoms with van der Waals surface area (Å²) in [5, 5.41) is 4.00. The summed E-state index contributed by atoms with van der Waals surface area (Å²) >= 11 is 0. The number of hydrogen-bond donors (Lipinski definition) is 0. The normalized spacial score (nSPS) is 10.9. The Balaban J connectivity index is 2.02. The maximum atomic E-state index is 13.7. The summed E-state index contributed by atoms with van der Waals surface area (Å²) < 4.78 is 41.1. The third-order valence-electron chi connectivity index (χ3n) is 3.20. The minimum Gasteiger partial charge on any atom is -0.237 e. The van der Waals surface area contributed by atoms with Gasteiger partial charge < -0.3 is 0 Å². The van der Waals surface area contributed by atoms with Crippen LogP contribution in [0.4, 0.5) is 13.2 Å². The van der Waals surface area contributed by atoms with E-state index >= 15 is 0 Å². The highest BCUT2D eigenvalue weighted by molar-refractivity contribution is 5.62. The first-order valence-electron chi connectivity index (χ1n) is 6.31. The number of hydrogen-bond acceptors (Lipinski definition) is 1. The Morgan fingerprint density at radius 1 is 0.857 bits per heavy atom. The van der Waals surface area contributed by atoms with Crippen molar-refractivity contribution in [3.8, 4) is 16.8 Å². The summed E-state index contributed by atoms with van der Waals surface area (Å²) in [6, 6.07) is 9.03. The zero-order valence-corrected chi connectivity index (χ0v) is 11.1. The van der Waals surface area contributed by atoms with Crippen LogP contribution in [-0.4, -0.2) is 9.78 Å². The molecule has 0 aliphatic carbocycles. The van der Waals surface area contributed by atoms with Crippen LogP contribution in [0.15, 0.2) is 48.8 Å². The van der Waals surface area contributed by atoms with Gasteiger partial charge in [0, 0.05) is 23.9 Å². The Labute approximate surface area is 119 Å². The number of nitrogens with zero attached hydrogens (tertiary/aromatic N) is 2.